The van der Waals surface area contributed by atoms with Gasteiger partial charge < -0.3 is 40.2 Å². The molecular weight excluding hydrogens is 379 g/mol. The van der Waals surface area contributed by atoms with Crippen LogP contribution in [0.2, 0.25) is 0 Å². The maximum atomic E-state index is 9.08. The molecule has 0 aliphatic heterocycles. The van der Waals surface area contributed by atoms with Crippen LogP contribution in [-0.2, 0) is 34.3 Å². The molecule has 0 heterocycles. The van der Waals surface area contributed by atoms with E-state index in [4.69, 9.17) is 30.7 Å². The molecule has 18 heavy (non-hydrogen) atoms. The number of rotatable bonds is 0. The normalized spacial score (nSPS) is 5.33. The molecule has 8 nitrogen and oxygen atoms in total. The molecule has 0 aromatic heterocycles. The first-order chi connectivity index (χ1) is 4.73. The second-order valence-corrected chi connectivity index (χ2v) is 2.72. The van der Waals surface area contributed by atoms with Gasteiger partial charge in [-0.15, -0.1) is 12.4 Å². The molecule has 0 bridgehead atoms. The minimum atomic E-state index is -3.92. The summed E-state index contributed by atoms with van der Waals surface area (Å²) in [6.07, 6.45) is 0.604. The van der Waals surface area contributed by atoms with Crippen molar-refractivity contribution in [3.63, 3.8) is 0 Å². The van der Waals surface area contributed by atoms with Crippen LogP contribution in [0.15, 0.2) is 0 Å². The molecule has 0 aliphatic rings. The summed E-state index contributed by atoms with van der Waals surface area (Å²) >= 11 is 0. The van der Waals surface area contributed by atoms with Crippen molar-refractivity contribution >= 4 is 40.3 Å². The first-order valence-electron chi connectivity index (χ1n) is 1.70. The largest absolute Gasteiger partial charge is 1.00 e. The fourth-order valence-electron chi connectivity index (χ4n) is 0. The molecular formula is C2H12Cl2Na4O8S2. The maximum Gasteiger partial charge on any atom is 1.00 e. The summed E-state index contributed by atoms with van der Waals surface area (Å²) in [6.45, 7) is 2.00. The average molecular weight is 391 g/mol. The zero-order chi connectivity index (χ0) is 10.1. The zero-order valence-corrected chi connectivity index (χ0v) is 21.9. The van der Waals surface area contributed by atoms with Crippen LogP contribution < -0.4 is 131 Å². The number of hydrogen-bond donors (Lipinski definition) is 0. The molecule has 16 heteroatoms. The molecule has 0 unspecified atom stereocenters. The Morgan fingerprint density at radius 1 is 1.06 bits per heavy atom. The Balaban J connectivity index is -0.00000000408. The SMILES string of the molecule is C=O.CS(=O)(=O)[O-].Cl.O.O=[S-](=O)[O-].[Cl-].[HH].[HH].[Na+].[Na+].[Na+].[Na+]. The van der Waals surface area contributed by atoms with E-state index in [1.807, 2.05) is 6.79 Å². The molecule has 98 valence electrons. The monoisotopic (exact) mass is 390 g/mol. The second-order valence-electron chi connectivity index (χ2n) is 0.908. The maximum absolute atomic E-state index is 9.08. The molecule has 0 aromatic rings. The topological polar surface area (TPSA) is 163 Å². The van der Waals surface area contributed by atoms with Crippen molar-refractivity contribution in [1.29, 1.82) is 0 Å². The van der Waals surface area contributed by atoms with Gasteiger partial charge in [-0.3, -0.25) is 0 Å². The van der Waals surface area contributed by atoms with Crippen LogP contribution >= 0.6 is 12.4 Å². The minimum absolute atomic E-state index is 0. The Morgan fingerprint density at radius 3 is 1.06 bits per heavy atom. The predicted octanol–water partition coefficient (Wildman–Crippen LogP) is -16.5. The van der Waals surface area contributed by atoms with Crippen molar-refractivity contribution in [2.75, 3.05) is 6.26 Å². The van der Waals surface area contributed by atoms with E-state index in [1.165, 1.54) is 0 Å². The van der Waals surface area contributed by atoms with Crippen molar-refractivity contribution in [3.05, 3.63) is 0 Å². The summed E-state index contributed by atoms with van der Waals surface area (Å²) < 4.78 is 52.6. The second kappa shape index (κ2) is 49.7. The van der Waals surface area contributed by atoms with Crippen LogP contribution in [0.4, 0.5) is 0 Å². The number of carbonyl (C=O) groups is 1. The summed E-state index contributed by atoms with van der Waals surface area (Å²) in [5.41, 5.74) is 0. The fourth-order valence-corrected chi connectivity index (χ4v) is 0. The standard InChI is InChI=1S/CH4O3S.CH2O.2ClH.4Na.O3S.H2O.2H2/c1-5(2,3)4;1-2;;;;;;;1-4(2)3;;;/h1H3,(H,2,3,4);1H2;2*1H;;;;;;1H2;2*1H/q;;;;4*+1;-2;;;/p-2. The van der Waals surface area contributed by atoms with E-state index in [-0.39, 0.29) is 151 Å². The molecule has 0 saturated carbocycles. The van der Waals surface area contributed by atoms with Crippen molar-refractivity contribution in [1.82, 2.24) is 0 Å². The van der Waals surface area contributed by atoms with Gasteiger partial charge in [0.15, 0.2) is 0 Å². The first kappa shape index (κ1) is 67.3. The van der Waals surface area contributed by atoms with Crippen molar-refractivity contribution in [3.8, 4) is 0 Å². The van der Waals surface area contributed by atoms with E-state index < -0.39 is 21.1 Å². The predicted molar refractivity (Wildman–Crippen MR) is 47.3 cm³/mol. The summed E-state index contributed by atoms with van der Waals surface area (Å²) in [7, 11) is -7.03. The van der Waals surface area contributed by atoms with Crippen LogP contribution in [0.1, 0.15) is 2.85 Å². The van der Waals surface area contributed by atoms with Gasteiger partial charge in [0, 0.05) is 9.11 Å². The van der Waals surface area contributed by atoms with Crippen LogP contribution in [0, 0.1) is 0 Å². The molecule has 0 rings (SSSR count). The van der Waals surface area contributed by atoms with E-state index in [2.05, 4.69) is 0 Å². The van der Waals surface area contributed by atoms with E-state index in [1.54, 1.807) is 0 Å². The van der Waals surface area contributed by atoms with Gasteiger partial charge >= 0.3 is 118 Å². The average Bonchev–Trinajstić information content (AvgIpc) is 1.63. The molecule has 0 aliphatic carbocycles. The Kier molecular flexibility index (Phi) is 186. The van der Waals surface area contributed by atoms with Gasteiger partial charge in [0.1, 0.15) is 6.79 Å². The minimum Gasteiger partial charge on any atom is -1.00 e. The zero-order valence-electron chi connectivity index (χ0n) is 10.7. The molecule has 0 atom stereocenters. The van der Waals surface area contributed by atoms with Crippen LogP contribution in [0.3, 0.4) is 0 Å². The van der Waals surface area contributed by atoms with E-state index >= 15 is 0 Å². The third kappa shape index (κ3) is 447. The van der Waals surface area contributed by atoms with Crippen LogP contribution in [-0.4, -0.2) is 36.0 Å². The van der Waals surface area contributed by atoms with Gasteiger partial charge in [0.05, 0.1) is 10.1 Å². The third-order valence-corrected chi connectivity index (χ3v) is 0. The number of carbonyl (C=O) groups excluding carboxylic acids is 1. The van der Waals surface area contributed by atoms with Crippen LogP contribution in [0.25, 0.3) is 0 Å². The summed E-state index contributed by atoms with van der Waals surface area (Å²) in [5, 5.41) is 0. The molecule has 0 saturated heterocycles. The number of hydrogen-bond acceptors (Lipinski definition) is 8. The summed E-state index contributed by atoms with van der Waals surface area (Å²) in [5.74, 6) is 0. The Labute approximate surface area is 212 Å². The number of halogens is 2. The van der Waals surface area contributed by atoms with E-state index in [0.29, 0.717) is 6.26 Å². The molecule has 0 radical (unpaired) electrons. The first-order valence-corrected chi connectivity index (χ1v) is 4.51. The van der Waals surface area contributed by atoms with Gasteiger partial charge in [-0.25, -0.2) is 8.42 Å². The molecule has 0 fully saturated rings. The van der Waals surface area contributed by atoms with Gasteiger partial charge in [0.25, 0.3) is 0 Å². The molecule has 0 amide bonds. The summed E-state index contributed by atoms with van der Waals surface area (Å²) in [4.78, 5) is 8.00. The van der Waals surface area contributed by atoms with Gasteiger partial charge in [-0.1, -0.05) is 0 Å². The van der Waals surface area contributed by atoms with E-state index in [0.717, 1.165) is 0 Å². The molecule has 2 N–H and O–H groups in total. The van der Waals surface area contributed by atoms with Gasteiger partial charge in [-0.05, 0) is 0 Å². The van der Waals surface area contributed by atoms with E-state index in [9.17, 15) is 0 Å². The quantitative estimate of drug-likeness (QED) is 0.171. The Hall–Kier alpha value is 4.03. The van der Waals surface area contributed by atoms with Crippen molar-refractivity contribution in [2.24, 2.45) is 0 Å². The van der Waals surface area contributed by atoms with Crippen molar-refractivity contribution < 1.29 is 170 Å². The summed E-state index contributed by atoms with van der Waals surface area (Å²) in [6, 6.07) is 0. The Bertz CT molecular complexity index is 239. The smallest absolute Gasteiger partial charge is 1.00 e. The fraction of sp³-hybridized carbons (Fsp3) is 0.500. The molecule has 0 spiro atoms. The van der Waals surface area contributed by atoms with Gasteiger partial charge in [-0.2, -0.15) is 11.0 Å². The Morgan fingerprint density at radius 2 is 1.06 bits per heavy atom. The molecule has 0 aromatic carbocycles. The van der Waals surface area contributed by atoms with Crippen molar-refractivity contribution in [2.45, 2.75) is 0 Å². The third-order valence-electron chi connectivity index (χ3n) is 0. The van der Waals surface area contributed by atoms with Crippen LogP contribution in [0.5, 0.6) is 0 Å². The van der Waals surface area contributed by atoms with Gasteiger partial charge in [0.2, 0.25) is 0 Å².